The van der Waals surface area contributed by atoms with Crippen molar-refractivity contribution in [1.29, 1.82) is 0 Å². The molecule has 0 atom stereocenters. The lowest BCUT2D eigenvalue weighted by Gasteiger charge is -2.34. The van der Waals surface area contributed by atoms with E-state index in [1.54, 1.807) is 0 Å². The molecule has 11 rings (SSSR count). The molecule has 2 aliphatic carbocycles. The summed E-state index contributed by atoms with van der Waals surface area (Å²) >= 11 is 0. The number of benzene rings is 9. The van der Waals surface area contributed by atoms with E-state index in [0.717, 1.165) is 17.1 Å². The first-order valence-electron chi connectivity index (χ1n) is 20.7. The minimum Gasteiger partial charge on any atom is -0.310 e. The summed E-state index contributed by atoms with van der Waals surface area (Å²) in [6.07, 6.45) is 0. The highest BCUT2D eigenvalue weighted by molar-refractivity contribution is 6.01. The standard InChI is InChI=1S/C58H43N/c1-57(2)51-31-17-15-28-46(51)47-36-35-45(39-54(47)57)59(44-26-13-6-14-27-44)55-37-34-41(40-20-7-3-8-21-40)38-50(55)48-30-19-33-53-56(48)49-29-16-18-32-52(49)58(53,42-22-9-4-10-23-42)43-24-11-5-12-25-43/h3-39H,1-2H3. The van der Waals surface area contributed by atoms with Crippen molar-refractivity contribution in [1.82, 2.24) is 0 Å². The van der Waals surface area contributed by atoms with Crippen molar-refractivity contribution in [3.05, 3.63) is 258 Å². The Morgan fingerprint density at radius 1 is 0.322 bits per heavy atom. The highest BCUT2D eigenvalue weighted by Crippen LogP contribution is 2.59. The van der Waals surface area contributed by atoms with Gasteiger partial charge < -0.3 is 4.90 Å². The van der Waals surface area contributed by atoms with Gasteiger partial charge in [0.2, 0.25) is 0 Å². The van der Waals surface area contributed by atoms with Crippen LogP contribution in [0, 0.1) is 0 Å². The van der Waals surface area contributed by atoms with Gasteiger partial charge in [-0.05, 0) is 109 Å². The van der Waals surface area contributed by atoms with E-state index >= 15 is 0 Å². The summed E-state index contributed by atoms with van der Waals surface area (Å²) in [7, 11) is 0. The molecule has 0 bridgehead atoms. The van der Waals surface area contributed by atoms with E-state index < -0.39 is 5.41 Å². The van der Waals surface area contributed by atoms with Crippen LogP contribution >= 0.6 is 0 Å². The van der Waals surface area contributed by atoms with E-state index in [9.17, 15) is 0 Å². The van der Waals surface area contributed by atoms with Crippen molar-refractivity contribution in [2.24, 2.45) is 0 Å². The van der Waals surface area contributed by atoms with Crippen LogP contribution in [0.25, 0.3) is 44.5 Å². The Morgan fingerprint density at radius 2 is 0.864 bits per heavy atom. The third kappa shape index (κ3) is 5.31. The van der Waals surface area contributed by atoms with E-state index in [1.165, 1.54) is 77.9 Å². The molecule has 0 spiro atoms. The molecule has 1 nitrogen and oxygen atoms in total. The van der Waals surface area contributed by atoms with Gasteiger partial charge in [-0.25, -0.2) is 0 Å². The van der Waals surface area contributed by atoms with Gasteiger partial charge in [0.25, 0.3) is 0 Å². The quantitative estimate of drug-likeness (QED) is 0.157. The average Bonchev–Trinajstić information content (AvgIpc) is 3.74. The minimum atomic E-state index is -0.499. The van der Waals surface area contributed by atoms with Crippen LogP contribution in [0.15, 0.2) is 224 Å². The van der Waals surface area contributed by atoms with Gasteiger partial charge in [0, 0.05) is 22.4 Å². The lowest BCUT2D eigenvalue weighted by atomic mass is 9.67. The molecule has 0 heterocycles. The van der Waals surface area contributed by atoms with Crippen molar-refractivity contribution in [2.45, 2.75) is 24.7 Å². The number of hydrogen-bond acceptors (Lipinski definition) is 1. The molecule has 2 aliphatic rings. The van der Waals surface area contributed by atoms with E-state index in [1.807, 2.05) is 0 Å². The van der Waals surface area contributed by atoms with Gasteiger partial charge in [-0.2, -0.15) is 0 Å². The van der Waals surface area contributed by atoms with Gasteiger partial charge >= 0.3 is 0 Å². The molecule has 9 aromatic carbocycles. The van der Waals surface area contributed by atoms with E-state index in [-0.39, 0.29) is 5.41 Å². The molecule has 0 aliphatic heterocycles. The predicted octanol–water partition coefficient (Wildman–Crippen LogP) is 15.2. The maximum absolute atomic E-state index is 2.48. The van der Waals surface area contributed by atoms with Crippen LogP contribution < -0.4 is 4.90 Å². The molecule has 0 saturated carbocycles. The molecule has 0 amide bonds. The zero-order valence-corrected chi connectivity index (χ0v) is 33.3. The maximum atomic E-state index is 2.48. The summed E-state index contributed by atoms with van der Waals surface area (Å²) in [5, 5.41) is 0. The van der Waals surface area contributed by atoms with Crippen LogP contribution in [-0.4, -0.2) is 0 Å². The second-order valence-electron chi connectivity index (χ2n) is 16.4. The molecule has 280 valence electrons. The molecule has 9 aromatic rings. The molecular weight excluding hydrogens is 711 g/mol. The number of fused-ring (bicyclic) bond motifs is 6. The number of nitrogens with zero attached hydrogens (tertiary/aromatic N) is 1. The minimum absolute atomic E-state index is 0.132. The smallest absolute Gasteiger partial charge is 0.0713 e. The normalized spacial score (nSPS) is 13.9. The summed E-state index contributed by atoms with van der Waals surface area (Å²) in [5.41, 5.74) is 20.6. The fourth-order valence-electron chi connectivity index (χ4n) is 10.3. The third-order valence-electron chi connectivity index (χ3n) is 13.0. The molecule has 0 fully saturated rings. The first kappa shape index (κ1) is 35.0. The second-order valence-corrected chi connectivity index (χ2v) is 16.4. The lowest BCUT2D eigenvalue weighted by molar-refractivity contribution is 0.660. The Hall–Kier alpha value is -7.22. The Bertz CT molecular complexity index is 2960. The van der Waals surface area contributed by atoms with E-state index in [0.29, 0.717) is 0 Å². The zero-order valence-electron chi connectivity index (χ0n) is 33.3. The fraction of sp³-hybridized carbons (Fsp3) is 0.0690. The molecule has 0 aromatic heterocycles. The summed E-state index contributed by atoms with van der Waals surface area (Å²) in [5.74, 6) is 0. The largest absolute Gasteiger partial charge is 0.310 e. The van der Waals surface area contributed by atoms with Crippen molar-refractivity contribution < 1.29 is 0 Å². The molecule has 0 N–H and O–H groups in total. The SMILES string of the molecule is CC1(C)c2ccccc2-c2ccc(N(c3ccccc3)c3ccc(-c4ccccc4)cc3-c3cccc4c3-c3ccccc3C4(c3ccccc3)c3ccccc3)cc21. The Morgan fingerprint density at radius 3 is 1.56 bits per heavy atom. The third-order valence-corrected chi connectivity index (χ3v) is 13.0. The van der Waals surface area contributed by atoms with E-state index in [4.69, 9.17) is 0 Å². The molecule has 0 radical (unpaired) electrons. The van der Waals surface area contributed by atoms with Crippen LogP contribution in [-0.2, 0) is 10.8 Å². The van der Waals surface area contributed by atoms with Crippen LogP contribution in [0.4, 0.5) is 17.1 Å². The van der Waals surface area contributed by atoms with Crippen LogP contribution in [0.3, 0.4) is 0 Å². The fourth-order valence-corrected chi connectivity index (χ4v) is 10.3. The van der Waals surface area contributed by atoms with Gasteiger partial charge in [-0.3, -0.25) is 0 Å². The summed E-state index contributed by atoms with van der Waals surface area (Å²) < 4.78 is 0. The van der Waals surface area contributed by atoms with Crippen LogP contribution in [0.5, 0.6) is 0 Å². The number of anilines is 3. The summed E-state index contributed by atoms with van der Waals surface area (Å²) in [6, 6.07) is 83.0. The second kappa shape index (κ2) is 13.7. The lowest BCUT2D eigenvalue weighted by Crippen LogP contribution is -2.28. The number of hydrogen-bond donors (Lipinski definition) is 0. The van der Waals surface area contributed by atoms with Crippen molar-refractivity contribution in [3.8, 4) is 44.5 Å². The Labute approximate surface area is 347 Å². The van der Waals surface area contributed by atoms with Gasteiger partial charge in [-0.15, -0.1) is 0 Å². The number of rotatable bonds is 7. The van der Waals surface area contributed by atoms with Crippen molar-refractivity contribution >= 4 is 17.1 Å². The Balaban J connectivity index is 1.21. The number of para-hydroxylation sites is 1. The van der Waals surface area contributed by atoms with Crippen LogP contribution in [0.1, 0.15) is 47.2 Å². The predicted molar refractivity (Wildman–Crippen MR) is 247 cm³/mol. The van der Waals surface area contributed by atoms with Crippen molar-refractivity contribution in [2.75, 3.05) is 4.90 Å². The Kier molecular flexibility index (Phi) is 8.13. The highest BCUT2D eigenvalue weighted by atomic mass is 15.1. The molecule has 0 unspecified atom stereocenters. The molecule has 0 saturated heterocycles. The topological polar surface area (TPSA) is 3.24 Å². The van der Waals surface area contributed by atoms with E-state index in [2.05, 4.69) is 243 Å². The molecule has 59 heavy (non-hydrogen) atoms. The van der Waals surface area contributed by atoms with Crippen molar-refractivity contribution in [3.63, 3.8) is 0 Å². The monoisotopic (exact) mass is 753 g/mol. The van der Waals surface area contributed by atoms with Gasteiger partial charge in [0.05, 0.1) is 11.1 Å². The first-order valence-corrected chi connectivity index (χ1v) is 20.7. The maximum Gasteiger partial charge on any atom is 0.0713 e. The average molecular weight is 754 g/mol. The zero-order chi connectivity index (χ0) is 39.6. The molecular formula is C58H43N. The summed E-state index contributed by atoms with van der Waals surface area (Å²) in [4.78, 5) is 2.48. The first-order chi connectivity index (χ1) is 29.0. The molecule has 1 heteroatoms. The summed E-state index contributed by atoms with van der Waals surface area (Å²) in [6.45, 7) is 4.73. The van der Waals surface area contributed by atoms with Gasteiger partial charge in [0.15, 0.2) is 0 Å². The van der Waals surface area contributed by atoms with Gasteiger partial charge in [-0.1, -0.05) is 202 Å². The highest BCUT2D eigenvalue weighted by Gasteiger charge is 2.47. The van der Waals surface area contributed by atoms with Crippen LogP contribution in [0.2, 0.25) is 0 Å². The van der Waals surface area contributed by atoms with Gasteiger partial charge in [0.1, 0.15) is 0 Å².